The van der Waals surface area contributed by atoms with Gasteiger partial charge in [-0.25, -0.2) is 4.79 Å². The van der Waals surface area contributed by atoms with E-state index >= 15 is 0 Å². The zero-order valence-corrected chi connectivity index (χ0v) is 13.2. The molecule has 3 heteroatoms. The SMILES string of the molecule is C=CCNC1(C(=O)OCC)CCC(C)(C)c2ccccc21. The van der Waals surface area contributed by atoms with Crippen LogP contribution in [0.4, 0.5) is 0 Å². The molecule has 3 nitrogen and oxygen atoms in total. The summed E-state index contributed by atoms with van der Waals surface area (Å²) in [6.07, 6.45) is 3.46. The molecule has 0 aliphatic heterocycles. The molecule has 114 valence electrons. The van der Waals surface area contributed by atoms with Crippen molar-refractivity contribution in [2.75, 3.05) is 13.2 Å². The summed E-state index contributed by atoms with van der Waals surface area (Å²) in [5.74, 6) is -0.185. The van der Waals surface area contributed by atoms with Gasteiger partial charge in [-0.05, 0) is 36.3 Å². The van der Waals surface area contributed by atoms with Crippen LogP contribution in [0.5, 0.6) is 0 Å². The van der Waals surface area contributed by atoms with Gasteiger partial charge in [0.2, 0.25) is 0 Å². The van der Waals surface area contributed by atoms with Gasteiger partial charge in [0, 0.05) is 6.54 Å². The normalized spacial score (nSPS) is 23.2. The summed E-state index contributed by atoms with van der Waals surface area (Å²) in [6, 6.07) is 8.19. The number of hydrogen-bond acceptors (Lipinski definition) is 3. The highest BCUT2D eigenvalue weighted by atomic mass is 16.5. The standard InChI is InChI=1S/C18H25NO2/c1-5-13-19-18(16(20)21-6-2)12-11-17(3,4)14-9-7-8-10-15(14)18/h5,7-10,19H,1,6,11-13H2,2-4H3. The van der Waals surface area contributed by atoms with E-state index in [0.717, 1.165) is 18.4 Å². The number of carbonyl (C=O) groups excluding carboxylic acids is 1. The van der Waals surface area contributed by atoms with E-state index in [1.54, 1.807) is 6.08 Å². The minimum absolute atomic E-state index is 0.0719. The third-order valence-corrected chi connectivity index (χ3v) is 4.41. The molecule has 1 atom stereocenters. The van der Waals surface area contributed by atoms with Crippen molar-refractivity contribution in [2.45, 2.75) is 44.6 Å². The molecule has 1 unspecified atom stereocenters. The predicted octanol–water partition coefficient (Wildman–Crippen LogP) is 3.29. The van der Waals surface area contributed by atoms with Crippen molar-refractivity contribution in [3.63, 3.8) is 0 Å². The lowest BCUT2D eigenvalue weighted by Gasteiger charge is -2.44. The molecule has 0 spiro atoms. The fraction of sp³-hybridized carbons (Fsp3) is 0.500. The van der Waals surface area contributed by atoms with Crippen molar-refractivity contribution in [1.29, 1.82) is 0 Å². The molecule has 0 heterocycles. The maximum Gasteiger partial charge on any atom is 0.331 e. The highest BCUT2D eigenvalue weighted by molar-refractivity contribution is 5.84. The minimum atomic E-state index is -0.754. The average molecular weight is 287 g/mol. The van der Waals surface area contributed by atoms with E-state index in [0.29, 0.717) is 13.2 Å². The fourth-order valence-corrected chi connectivity index (χ4v) is 3.18. The molecule has 0 saturated heterocycles. The quantitative estimate of drug-likeness (QED) is 0.667. The molecule has 0 aromatic heterocycles. The first-order valence-electron chi connectivity index (χ1n) is 7.61. The smallest absolute Gasteiger partial charge is 0.331 e. The van der Waals surface area contributed by atoms with Crippen molar-refractivity contribution in [2.24, 2.45) is 0 Å². The number of rotatable bonds is 5. The van der Waals surface area contributed by atoms with Gasteiger partial charge < -0.3 is 4.74 Å². The van der Waals surface area contributed by atoms with E-state index in [9.17, 15) is 4.79 Å². The van der Waals surface area contributed by atoms with Crippen molar-refractivity contribution in [3.8, 4) is 0 Å². The van der Waals surface area contributed by atoms with Crippen LogP contribution < -0.4 is 5.32 Å². The molecule has 0 bridgehead atoms. The highest BCUT2D eigenvalue weighted by Gasteiger charge is 2.48. The predicted molar refractivity (Wildman–Crippen MR) is 85.2 cm³/mol. The van der Waals surface area contributed by atoms with Crippen LogP contribution in [0.2, 0.25) is 0 Å². The number of ether oxygens (including phenoxy) is 1. The molecule has 0 saturated carbocycles. The van der Waals surface area contributed by atoms with Gasteiger partial charge in [-0.2, -0.15) is 0 Å². The van der Waals surface area contributed by atoms with Crippen LogP contribution in [0.25, 0.3) is 0 Å². The zero-order chi connectivity index (χ0) is 15.5. The molecule has 0 radical (unpaired) electrons. The Morgan fingerprint density at radius 2 is 2.00 bits per heavy atom. The monoisotopic (exact) mass is 287 g/mol. The van der Waals surface area contributed by atoms with Gasteiger partial charge in [0.1, 0.15) is 5.54 Å². The van der Waals surface area contributed by atoms with E-state index in [1.165, 1.54) is 5.56 Å². The number of nitrogens with one attached hydrogen (secondary N) is 1. The maximum absolute atomic E-state index is 12.7. The lowest BCUT2D eigenvalue weighted by atomic mass is 9.65. The summed E-state index contributed by atoms with van der Waals surface area (Å²) in [7, 11) is 0. The Morgan fingerprint density at radius 1 is 1.33 bits per heavy atom. The van der Waals surface area contributed by atoms with Gasteiger partial charge in [-0.3, -0.25) is 5.32 Å². The zero-order valence-electron chi connectivity index (χ0n) is 13.2. The summed E-state index contributed by atoms with van der Waals surface area (Å²) < 4.78 is 5.37. The van der Waals surface area contributed by atoms with Crippen LogP contribution in [0.1, 0.15) is 44.7 Å². The van der Waals surface area contributed by atoms with Crippen molar-refractivity contribution < 1.29 is 9.53 Å². The summed E-state index contributed by atoms with van der Waals surface area (Å²) in [6.45, 7) is 11.0. The number of hydrogen-bond donors (Lipinski definition) is 1. The Balaban J connectivity index is 2.55. The molecule has 1 aromatic rings. The molecule has 1 N–H and O–H groups in total. The van der Waals surface area contributed by atoms with E-state index in [2.05, 4.69) is 31.8 Å². The first-order valence-corrected chi connectivity index (χ1v) is 7.61. The molecule has 0 amide bonds. The van der Waals surface area contributed by atoms with Crippen molar-refractivity contribution in [3.05, 3.63) is 48.0 Å². The maximum atomic E-state index is 12.7. The molecule has 1 aliphatic carbocycles. The topological polar surface area (TPSA) is 38.3 Å². The van der Waals surface area contributed by atoms with E-state index in [-0.39, 0.29) is 11.4 Å². The van der Waals surface area contributed by atoms with E-state index < -0.39 is 5.54 Å². The summed E-state index contributed by atoms with van der Waals surface area (Å²) in [5, 5.41) is 3.37. The van der Waals surface area contributed by atoms with Gasteiger partial charge in [-0.15, -0.1) is 6.58 Å². The van der Waals surface area contributed by atoms with Gasteiger partial charge >= 0.3 is 5.97 Å². The molecule has 1 aromatic carbocycles. The van der Waals surface area contributed by atoms with E-state index in [1.807, 2.05) is 25.1 Å². The van der Waals surface area contributed by atoms with Gasteiger partial charge in [0.25, 0.3) is 0 Å². The lowest BCUT2D eigenvalue weighted by molar-refractivity contribution is -0.152. The van der Waals surface area contributed by atoms with Crippen LogP contribution in [0.15, 0.2) is 36.9 Å². The Hall–Kier alpha value is -1.61. The Bertz CT molecular complexity index is 536. The Kier molecular flexibility index (Phi) is 4.52. The van der Waals surface area contributed by atoms with Crippen LogP contribution in [0, 0.1) is 0 Å². The van der Waals surface area contributed by atoms with Crippen LogP contribution in [0.3, 0.4) is 0 Å². The molecule has 1 aliphatic rings. The summed E-state index contributed by atoms with van der Waals surface area (Å²) in [4.78, 5) is 12.7. The van der Waals surface area contributed by atoms with E-state index in [4.69, 9.17) is 4.74 Å². The lowest BCUT2D eigenvalue weighted by Crippen LogP contribution is -2.54. The third kappa shape index (κ3) is 2.75. The van der Waals surface area contributed by atoms with Crippen LogP contribution in [-0.2, 0) is 20.5 Å². The summed E-state index contributed by atoms with van der Waals surface area (Å²) >= 11 is 0. The number of esters is 1. The fourth-order valence-electron chi connectivity index (χ4n) is 3.18. The minimum Gasteiger partial charge on any atom is -0.464 e. The van der Waals surface area contributed by atoms with Crippen molar-refractivity contribution >= 4 is 5.97 Å². The number of carbonyl (C=O) groups is 1. The molecule has 0 fully saturated rings. The molecule has 2 rings (SSSR count). The average Bonchev–Trinajstić information content (AvgIpc) is 2.47. The van der Waals surface area contributed by atoms with Gasteiger partial charge in [-0.1, -0.05) is 44.2 Å². The van der Waals surface area contributed by atoms with Crippen molar-refractivity contribution in [1.82, 2.24) is 5.32 Å². The first-order chi connectivity index (χ1) is 9.98. The molecular weight excluding hydrogens is 262 g/mol. The molecular formula is C18H25NO2. The molecule has 21 heavy (non-hydrogen) atoms. The second-order valence-electron chi connectivity index (χ2n) is 6.22. The highest BCUT2D eigenvalue weighted by Crippen LogP contribution is 2.45. The Labute approximate surface area is 127 Å². The Morgan fingerprint density at radius 3 is 2.62 bits per heavy atom. The van der Waals surface area contributed by atoms with Crippen LogP contribution in [-0.4, -0.2) is 19.1 Å². The largest absolute Gasteiger partial charge is 0.464 e. The second-order valence-corrected chi connectivity index (χ2v) is 6.22. The first kappa shape index (κ1) is 15.8. The van der Waals surface area contributed by atoms with Crippen LogP contribution >= 0.6 is 0 Å². The van der Waals surface area contributed by atoms with Gasteiger partial charge in [0.05, 0.1) is 6.61 Å². The summed E-state index contributed by atoms with van der Waals surface area (Å²) in [5.41, 5.74) is 1.58. The number of benzene rings is 1. The van der Waals surface area contributed by atoms with Gasteiger partial charge in [0.15, 0.2) is 0 Å². The number of fused-ring (bicyclic) bond motifs is 1. The third-order valence-electron chi connectivity index (χ3n) is 4.41. The second kappa shape index (κ2) is 6.02.